The predicted molar refractivity (Wildman–Crippen MR) is 115 cm³/mol. The number of halogens is 3. The van der Waals surface area contributed by atoms with Crippen LogP contribution in [0.5, 0.6) is 0 Å². The topological polar surface area (TPSA) is 92.2 Å². The van der Waals surface area contributed by atoms with Gasteiger partial charge < -0.3 is 20.3 Å². The van der Waals surface area contributed by atoms with Crippen molar-refractivity contribution in [3.63, 3.8) is 0 Å². The maximum Gasteiger partial charge on any atom is 0.490 e. The first kappa shape index (κ1) is 23.2. The first-order valence-corrected chi connectivity index (χ1v) is 10.1. The Hall–Kier alpha value is -3.51. The molecule has 0 amide bonds. The van der Waals surface area contributed by atoms with Crippen LogP contribution in [0.4, 0.5) is 18.9 Å². The first-order valence-electron chi connectivity index (χ1n) is 10.1. The van der Waals surface area contributed by atoms with Crippen molar-refractivity contribution in [3.05, 3.63) is 65.9 Å². The third kappa shape index (κ3) is 6.02. The van der Waals surface area contributed by atoms with E-state index in [0.29, 0.717) is 6.04 Å². The Morgan fingerprint density at radius 2 is 1.88 bits per heavy atom. The van der Waals surface area contributed by atoms with Crippen molar-refractivity contribution in [3.8, 4) is 6.07 Å². The summed E-state index contributed by atoms with van der Waals surface area (Å²) in [6, 6.07) is 19.5. The number of nitrogens with zero attached hydrogens (tertiary/aromatic N) is 2. The Labute approximate surface area is 183 Å². The number of benzene rings is 2. The summed E-state index contributed by atoms with van der Waals surface area (Å²) in [5.41, 5.74) is 4.33. The summed E-state index contributed by atoms with van der Waals surface area (Å²) in [5, 5.41) is 21.0. The van der Waals surface area contributed by atoms with E-state index in [1.807, 2.05) is 24.4 Å². The second-order valence-electron chi connectivity index (χ2n) is 7.47. The average Bonchev–Trinajstić information content (AvgIpc) is 3.26. The Morgan fingerprint density at radius 1 is 1.16 bits per heavy atom. The highest BCUT2D eigenvalue weighted by Gasteiger charge is 2.38. The van der Waals surface area contributed by atoms with E-state index in [2.05, 4.69) is 51.6 Å². The summed E-state index contributed by atoms with van der Waals surface area (Å²) < 4.78 is 31.7. The Kier molecular flexibility index (Phi) is 7.38. The number of aromatic amines is 1. The van der Waals surface area contributed by atoms with E-state index in [4.69, 9.17) is 9.90 Å². The van der Waals surface area contributed by atoms with E-state index in [9.17, 15) is 18.4 Å². The summed E-state index contributed by atoms with van der Waals surface area (Å²) in [5.74, 6) is -2.76. The molecule has 2 heterocycles. The Morgan fingerprint density at radius 3 is 2.53 bits per heavy atom. The van der Waals surface area contributed by atoms with E-state index in [-0.39, 0.29) is 0 Å². The van der Waals surface area contributed by atoms with E-state index in [1.54, 1.807) is 0 Å². The number of hydrogen-bond donors (Lipinski definition) is 3. The van der Waals surface area contributed by atoms with Crippen LogP contribution in [0.3, 0.4) is 0 Å². The fourth-order valence-electron chi connectivity index (χ4n) is 3.70. The number of carboxylic acid groups (broad SMARTS) is 1. The van der Waals surface area contributed by atoms with Crippen molar-refractivity contribution >= 4 is 22.6 Å². The minimum Gasteiger partial charge on any atom is -0.475 e. The molecule has 6 nitrogen and oxygen atoms in total. The Balaban J connectivity index is 0.000000360. The molecule has 0 bridgehead atoms. The van der Waals surface area contributed by atoms with Crippen molar-refractivity contribution < 1.29 is 23.1 Å². The van der Waals surface area contributed by atoms with Gasteiger partial charge >= 0.3 is 12.1 Å². The minimum absolute atomic E-state index is 0.517. The zero-order chi connectivity index (χ0) is 23.1. The molecule has 168 valence electrons. The van der Waals surface area contributed by atoms with Gasteiger partial charge in [-0.15, -0.1) is 0 Å². The second kappa shape index (κ2) is 10.2. The standard InChI is InChI=1S/C21H22N4.C2HF3O2/c22-14-16-2-1-3-17(12-16)15-25(19-7-9-23-10-8-19)20-4-5-21-18(13-20)6-11-24-21;3-2(4,5)1(6)7/h1-6,11-13,19,23-24H,7-10,15H2;(H,6,7). The second-order valence-corrected chi connectivity index (χ2v) is 7.47. The number of nitriles is 1. The molecule has 4 rings (SSSR count). The summed E-state index contributed by atoms with van der Waals surface area (Å²) in [4.78, 5) is 14.7. The van der Waals surface area contributed by atoms with Gasteiger partial charge in [-0.25, -0.2) is 4.79 Å². The van der Waals surface area contributed by atoms with Gasteiger partial charge in [-0.3, -0.25) is 0 Å². The first-order chi connectivity index (χ1) is 15.3. The number of H-pyrrole nitrogens is 1. The number of hydrogen-bond acceptors (Lipinski definition) is 4. The van der Waals surface area contributed by atoms with Crippen molar-refractivity contribution in [2.45, 2.75) is 31.6 Å². The highest BCUT2D eigenvalue weighted by atomic mass is 19.4. The maximum atomic E-state index is 10.6. The van der Waals surface area contributed by atoms with Gasteiger partial charge in [0, 0.05) is 35.4 Å². The zero-order valence-corrected chi connectivity index (χ0v) is 17.2. The number of rotatable bonds is 4. The van der Waals surface area contributed by atoms with Gasteiger partial charge in [0.2, 0.25) is 0 Å². The summed E-state index contributed by atoms with van der Waals surface area (Å²) >= 11 is 0. The third-order valence-corrected chi connectivity index (χ3v) is 5.27. The number of carbonyl (C=O) groups is 1. The molecule has 1 fully saturated rings. The molecular weight excluding hydrogens is 421 g/mol. The molecule has 32 heavy (non-hydrogen) atoms. The van der Waals surface area contributed by atoms with Crippen molar-refractivity contribution in [1.82, 2.24) is 10.3 Å². The molecule has 0 saturated carbocycles. The lowest BCUT2D eigenvalue weighted by atomic mass is 10.0. The van der Waals surface area contributed by atoms with Crippen molar-refractivity contribution in [2.24, 2.45) is 0 Å². The number of aromatic nitrogens is 1. The SMILES string of the molecule is N#Cc1cccc(CN(c2ccc3[nH]ccc3c2)C2CCNCC2)c1.O=C(O)C(F)(F)F. The van der Waals surface area contributed by atoms with Crippen LogP contribution >= 0.6 is 0 Å². The maximum absolute atomic E-state index is 10.6. The van der Waals surface area contributed by atoms with Gasteiger partial charge in [0.1, 0.15) is 0 Å². The van der Waals surface area contributed by atoms with E-state index >= 15 is 0 Å². The summed E-state index contributed by atoms with van der Waals surface area (Å²) in [6.07, 6.45) is -0.814. The fourth-order valence-corrected chi connectivity index (χ4v) is 3.70. The number of fused-ring (bicyclic) bond motifs is 1. The molecule has 1 aromatic heterocycles. The molecule has 3 N–H and O–H groups in total. The highest BCUT2D eigenvalue weighted by molar-refractivity contribution is 5.83. The molecule has 0 unspecified atom stereocenters. The molecule has 1 aliphatic rings. The van der Waals surface area contributed by atoms with Gasteiger partial charge in [0.05, 0.1) is 11.6 Å². The molecule has 3 aromatic rings. The Bertz CT molecular complexity index is 1100. The van der Waals surface area contributed by atoms with Crippen LogP contribution in [0.1, 0.15) is 24.0 Å². The van der Waals surface area contributed by atoms with Crippen LogP contribution in [0.2, 0.25) is 0 Å². The molecule has 0 atom stereocenters. The number of anilines is 1. The van der Waals surface area contributed by atoms with Gasteiger partial charge in [0.15, 0.2) is 0 Å². The molecule has 1 aliphatic heterocycles. The van der Waals surface area contributed by atoms with Crippen LogP contribution in [0.25, 0.3) is 10.9 Å². The number of aliphatic carboxylic acids is 1. The van der Waals surface area contributed by atoms with Gasteiger partial charge in [-0.05, 0) is 67.9 Å². The number of carboxylic acids is 1. The fraction of sp³-hybridized carbons (Fsp3) is 0.304. The summed E-state index contributed by atoms with van der Waals surface area (Å²) in [7, 11) is 0. The smallest absolute Gasteiger partial charge is 0.475 e. The van der Waals surface area contributed by atoms with Crippen molar-refractivity contribution in [2.75, 3.05) is 18.0 Å². The van der Waals surface area contributed by atoms with E-state index in [1.165, 1.54) is 22.2 Å². The molecule has 0 aliphatic carbocycles. The third-order valence-electron chi connectivity index (χ3n) is 5.27. The lowest BCUT2D eigenvalue weighted by Gasteiger charge is -2.36. The van der Waals surface area contributed by atoms with E-state index < -0.39 is 12.1 Å². The van der Waals surface area contributed by atoms with Crippen LogP contribution in [-0.4, -0.2) is 41.4 Å². The normalized spacial score (nSPS) is 14.3. The zero-order valence-electron chi connectivity index (χ0n) is 17.2. The van der Waals surface area contributed by atoms with Gasteiger partial charge in [-0.1, -0.05) is 12.1 Å². The highest BCUT2D eigenvalue weighted by Crippen LogP contribution is 2.27. The largest absolute Gasteiger partial charge is 0.490 e. The van der Waals surface area contributed by atoms with Crippen LogP contribution in [-0.2, 0) is 11.3 Å². The lowest BCUT2D eigenvalue weighted by molar-refractivity contribution is -0.192. The van der Waals surface area contributed by atoms with E-state index in [0.717, 1.165) is 38.0 Å². The average molecular weight is 444 g/mol. The van der Waals surface area contributed by atoms with Gasteiger partial charge in [-0.2, -0.15) is 18.4 Å². The predicted octanol–water partition coefficient (Wildman–Crippen LogP) is 4.43. The summed E-state index contributed by atoms with van der Waals surface area (Å²) in [6.45, 7) is 2.95. The lowest BCUT2D eigenvalue weighted by Crippen LogP contribution is -2.43. The number of piperidine rings is 1. The molecular formula is C23H23F3N4O2. The van der Waals surface area contributed by atoms with Crippen LogP contribution in [0.15, 0.2) is 54.7 Å². The minimum atomic E-state index is -5.08. The molecule has 2 aromatic carbocycles. The van der Waals surface area contributed by atoms with Crippen LogP contribution in [0, 0.1) is 11.3 Å². The molecule has 0 spiro atoms. The molecule has 1 saturated heterocycles. The van der Waals surface area contributed by atoms with Crippen molar-refractivity contribution in [1.29, 1.82) is 5.26 Å². The molecule has 0 radical (unpaired) electrons. The van der Waals surface area contributed by atoms with Crippen LogP contribution < -0.4 is 10.2 Å². The number of alkyl halides is 3. The molecule has 9 heteroatoms. The van der Waals surface area contributed by atoms with Gasteiger partial charge in [0.25, 0.3) is 0 Å². The quantitative estimate of drug-likeness (QED) is 0.554. The number of nitrogens with one attached hydrogen (secondary N) is 2. The monoisotopic (exact) mass is 444 g/mol.